The summed E-state index contributed by atoms with van der Waals surface area (Å²) in [4.78, 5) is 24.8. The fourth-order valence-electron chi connectivity index (χ4n) is 1.73. The summed E-state index contributed by atoms with van der Waals surface area (Å²) in [7, 11) is 0. The lowest BCUT2D eigenvalue weighted by atomic mass is 10.2. The molecule has 1 atom stereocenters. The molecule has 0 aromatic rings. The van der Waals surface area contributed by atoms with E-state index in [0.29, 0.717) is 6.54 Å². The number of carbonyl (C=O) groups is 2. The smallest absolute Gasteiger partial charge is 0.241 e. The maximum absolute atomic E-state index is 12.1. The van der Waals surface area contributed by atoms with Gasteiger partial charge in [-0.1, -0.05) is 13.3 Å². The van der Waals surface area contributed by atoms with Crippen LogP contribution in [0.25, 0.3) is 0 Å². The number of nitrogens with one attached hydrogen (secondary N) is 2. The van der Waals surface area contributed by atoms with Gasteiger partial charge in [0, 0.05) is 19.6 Å². The van der Waals surface area contributed by atoms with Gasteiger partial charge in [-0.05, 0) is 13.3 Å². The van der Waals surface area contributed by atoms with E-state index < -0.39 is 0 Å². The number of amides is 2. The van der Waals surface area contributed by atoms with Gasteiger partial charge in [-0.2, -0.15) is 0 Å². The van der Waals surface area contributed by atoms with E-state index in [0.717, 1.165) is 25.9 Å². The molecule has 2 amide bonds. The van der Waals surface area contributed by atoms with Gasteiger partial charge in [-0.15, -0.1) is 0 Å². The van der Waals surface area contributed by atoms with E-state index in [1.807, 2.05) is 11.8 Å². The van der Waals surface area contributed by atoms with Gasteiger partial charge < -0.3 is 10.2 Å². The van der Waals surface area contributed by atoms with Gasteiger partial charge >= 0.3 is 0 Å². The van der Waals surface area contributed by atoms with Gasteiger partial charge in [0.2, 0.25) is 11.8 Å². The van der Waals surface area contributed by atoms with E-state index in [9.17, 15) is 9.59 Å². The molecule has 5 heteroatoms. The maximum Gasteiger partial charge on any atom is 0.241 e. The van der Waals surface area contributed by atoms with Crippen LogP contribution in [0.15, 0.2) is 0 Å². The maximum atomic E-state index is 12.1. The molecular weight excluding hydrogens is 206 g/mol. The summed E-state index contributed by atoms with van der Waals surface area (Å²) in [6.45, 7) is 6.26. The van der Waals surface area contributed by atoms with Gasteiger partial charge in [-0.3, -0.25) is 14.9 Å². The molecule has 0 aromatic carbocycles. The molecule has 0 aromatic heterocycles. The summed E-state index contributed by atoms with van der Waals surface area (Å²) < 4.78 is 0. The molecule has 5 nitrogen and oxygen atoms in total. The Morgan fingerprint density at radius 1 is 1.50 bits per heavy atom. The van der Waals surface area contributed by atoms with E-state index in [2.05, 4.69) is 17.6 Å². The molecule has 1 fully saturated rings. The van der Waals surface area contributed by atoms with E-state index in [-0.39, 0.29) is 24.4 Å². The number of rotatable bonds is 5. The average Bonchev–Trinajstić information content (AvgIpc) is 2.30. The standard InChI is InChI=1S/C11H21N3O2/c1-3-5-6-14(4-2)11(16)9-7-13-10(15)8-12-9/h9,12H,3-8H2,1-2H3,(H,13,15). The van der Waals surface area contributed by atoms with E-state index in [1.54, 1.807) is 0 Å². The molecule has 0 spiro atoms. The van der Waals surface area contributed by atoms with E-state index >= 15 is 0 Å². The van der Waals surface area contributed by atoms with Crippen LogP contribution in [0, 0.1) is 0 Å². The zero-order chi connectivity index (χ0) is 12.0. The van der Waals surface area contributed by atoms with Crippen molar-refractivity contribution in [3.63, 3.8) is 0 Å². The zero-order valence-electron chi connectivity index (χ0n) is 10.1. The Kier molecular flexibility index (Phi) is 5.25. The molecule has 2 N–H and O–H groups in total. The Balaban J connectivity index is 2.44. The molecular formula is C11H21N3O2. The third kappa shape index (κ3) is 3.48. The number of piperazine rings is 1. The lowest BCUT2D eigenvalue weighted by Crippen LogP contribution is -2.58. The molecule has 0 aliphatic carbocycles. The van der Waals surface area contributed by atoms with Crippen molar-refractivity contribution >= 4 is 11.8 Å². The molecule has 0 radical (unpaired) electrons. The Bertz CT molecular complexity index is 246. The van der Waals surface area contributed by atoms with E-state index in [1.165, 1.54) is 0 Å². The van der Waals surface area contributed by atoms with Crippen LogP contribution in [0.4, 0.5) is 0 Å². The van der Waals surface area contributed by atoms with Crippen LogP contribution in [0.3, 0.4) is 0 Å². The Labute approximate surface area is 96.6 Å². The minimum absolute atomic E-state index is 0.0411. The first kappa shape index (κ1) is 13.0. The van der Waals surface area contributed by atoms with Crippen molar-refractivity contribution in [2.75, 3.05) is 26.2 Å². The predicted octanol–water partition coefficient (Wildman–Crippen LogP) is -0.277. The first-order chi connectivity index (χ1) is 7.69. The molecule has 1 aliphatic rings. The van der Waals surface area contributed by atoms with Crippen LogP contribution in [-0.2, 0) is 9.59 Å². The van der Waals surface area contributed by atoms with Crippen LogP contribution < -0.4 is 10.6 Å². The minimum Gasteiger partial charge on any atom is -0.353 e. The largest absolute Gasteiger partial charge is 0.353 e. The number of nitrogens with zero attached hydrogens (tertiary/aromatic N) is 1. The molecule has 0 saturated carbocycles. The summed E-state index contributed by atoms with van der Waals surface area (Å²) in [5.74, 6) is 0.0524. The van der Waals surface area contributed by atoms with Crippen molar-refractivity contribution in [3.05, 3.63) is 0 Å². The molecule has 92 valence electrons. The van der Waals surface area contributed by atoms with Crippen LogP contribution in [0.5, 0.6) is 0 Å². The third-order valence-electron chi connectivity index (χ3n) is 2.79. The monoisotopic (exact) mass is 227 g/mol. The number of unbranched alkanes of at least 4 members (excludes halogenated alkanes) is 1. The number of likely N-dealkylation sites (N-methyl/N-ethyl adjacent to an activating group) is 1. The van der Waals surface area contributed by atoms with Gasteiger partial charge in [0.05, 0.1) is 6.54 Å². The molecule has 1 heterocycles. The summed E-state index contributed by atoms with van der Waals surface area (Å²) in [5, 5.41) is 5.66. The number of hydrogen-bond donors (Lipinski definition) is 2. The number of hydrogen-bond acceptors (Lipinski definition) is 3. The quantitative estimate of drug-likeness (QED) is 0.679. The average molecular weight is 227 g/mol. The number of carbonyl (C=O) groups excluding carboxylic acids is 2. The molecule has 1 saturated heterocycles. The third-order valence-corrected chi connectivity index (χ3v) is 2.79. The van der Waals surface area contributed by atoms with Crippen LogP contribution in [0.2, 0.25) is 0 Å². The van der Waals surface area contributed by atoms with Gasteiger partial charge in [0.25, 0.3) is 0 Å². The van der Waals surface area contributed by atoms with Crippen LogP contribution >= 0.6 is 0 Å². The molecule has 1 aliphatic heterocycles. The highest BCUT2D eigenvalue weighted by Crippen LogP contribution is 2.00. The summed E-state index contributed by atoms with van der Waals surface area (Å²) >= 11 is 0. The first-order valence-electron chi connectivity index (χ1n) is 5.97. The van der Waals surface area contributed by atoms with Crippen molar-refractivity contribution in [3.8, 4) is 0 Å². The second-order valence-electron chi connectivity index (χ2n) is 4.01. The summed E-state index contributed by atoms with van der Waals surface area (Å²) in [6, 6.07) is -0.255. The Morgan fingerprint density at radius 2 is 2.25 bits per heavy atom. The lowest BCUT2D eigenvalue weighted by molar-refractivity contribution is -0.134. The normalized spacial score (nSPS) is 20.4. The first-order valence-corrected chi connectivity index (χ1v) is 5.97. The predicted molar refractivity (Wildman–Crippen MR) is 62.0 cm³/mol. The minimum atomic E-state index is -0.255. The highest BCUT2D eigenvalue weighted by Gasteiger charge is 2.26. The topological polar surface area (TPSA) is 61.4 Å². The lowest BCUT2D eigenvalue weighted by Gasteiger charge is -2.29. The highest BCUT2D eigenvalue weighted by molar-refractivity contribution is 5.86. The van der Waals surface area contributed by atoms with Gasteiger partial charge in [0.1, 0.15) is 6.04 Å². The molecule has 0 bridgehead atoms. The van der Waals surface area contributed by atoms with Crippen molar-refractivity contribution in [1.82, 2.24) is 15.5 Å². The van der Waals surface area contributed by atoms with Crippen LogP contribution in [-0.4, -0.2) is 48.9 Å². The van der Waals surface area contributed by atoms with Crippen molar-refractivity contribution in [2.45, 2.75) is 32.7 Å². The van der Waals surface area contributed by atoms with Crippen molar-refractivity contribution < 1.29 is 9.59 Å². The summed E-state index contributed by atoms with van der Waals surface area (Å²) in [5.41, 5.74) is 0. The SMILES string of the molecule is CCCCN(CC)C(=O)C1CNC(=O)CN1. The highest BCUT2D eigenvalue weighted by atomic mass is 16.2. The molecule has 1 rings (SSSR count). The fourth-order valence-corrected chi connectivity index (χ4v) is 1.73. The Hall–Kier alpha value is -1.10. The molecule has 16 heavy (non-hydrogen) atoms. The van der Waals surface area contributed by atoms with Crippen LogP contribution in [0.1, 0.15) is 26.7 Å². The second-order valence-corrected chi connectivity index (χ2v) is 4.01. The van der Waals surface area contributed by atoms with Crippen molar-refractivity contribution in [1.29, 1.82) is 0 Å². The second kappa shape index (κ2) is 6.48. The Morgan fingerprint density at radius 3 is 2.75 bits per heavy atom. The van der Waals surface area contributed by atoms with Crippen molar-refractivity contribution in [2.24, 2.45) is 0 Å². The van der Waals surface area contributed by atoms with Gasteiger partial charge in [0.15, 0.2) is 0 Å². The fraction of sp³-hybridized carbons (Fsp3) is 0.818. The molecule has 1 unspecified atom stereocenters. The van der Waals surface area contributed by atoms with E-state index in [4.69, 9.17) is 0 Å². The van der Waals surface area contributed by atoms with Gasteiger partial charge in [-0.25, -0.2) is 0 Å². The zero-order valence-corrected chi connectivity index (χ0v) is 10.1. The summed E-state index contributed by atoms with van der Waals surface area (Å²) in [6.07, 6.45) is 2.11.